The first-order chi connectivity index (χ1) is 15.2. The number of carbonyl (C=O) groups is 1. The van der Waals surface area contributed by atoms with Crippen molar-refractivity contribution in [3.8, 4) is 11.8 Å². The fraction of sp³-hybridized carbons (Fsp3) is 0.750. The fourth-order valence-electron chi connectivity index (χ4n) is 7.25. The minimum atomic E-state index is -1.59. The predicted octanol–water partition coefficient (Wildman–Crippen LogP) is 6.39. The quantitative estimate of drug-likeness (QED) is 0.267. The minimum Gasteiger partial charge on any atom is -0.479 e. The van der Waals surface area contributed by atoms with Gasteiger partial charge in [-0.2, -0.15) is 0 Å². The van der Waals surface area contributed by atoms with Gasteiger partial charge in [0.25, 0.3) is 0 Å². The number of ether oxygens (including phenoxy) is 2. The number of hydrogen-bond donors (Lipinski definition) is 0. The van der Waals surface area contributed by atoms with Crippen LogP contribution in [-0.4, -0.2) is 32.1 Å². The lowest BCUT2D eigenvalue weighted by Crippen LogP contribution is -2.62. The van der Waals surface area contributed by atoms with Crippen LogP contribution in [0.25, 0.3) is 0 Å². The maximum Gasteiger partial charge on any atom is 0.346 e. The molecule has 4 rings (SSSR count). The van der Waals surface area contributed by atoms with Crippen LogP contribution in [0.2, 0.25) is 19.6 Å². The van der Waals surface area contributed by atoms with Gasteiger partial charge in [-0.15, -0.1) is 0 Å². The van der Waals surface area contributed by atoms with Crippen molar-refractivity contribution in [2.75, 3.05) is 0 Å². The molecule has 0 aromatic heterocycles. The first kappa shape index (κ1) is 24.6. The van der Waals surface area contributed by atoms with Crippen LogP contribution in [0.4, 0.5) is 0 Å². The first-order valence-corrected chi connectivity index (χ1v) is 16.2. The minimum absolute atomic E-state index is 0.0701. The van der Waals surface area contributed by atoms with E-state index in [2.05, 4.69) is 65.3 Å². The van der Waals surface area contributed by atoms with Crippen LogP contribution in [-0.2, 0) is 18.7 Å². The van der Waals surface area contributed by atoms with Crippen LogP contribution in [0.5, 0.6) is 0 Å². The van der Waals surface area contributed by atoms with E-state index in [9.17, 15) is 4.79 Å². The average Bonchev–Trinajstić information content (AvgIpc) is 2.68. The van der Waals surface area contributed by atoms with Crippen molar-refractivity contribution in [3.05, 3.63) is 23.5 Å². The predicted molar refractivity (Wildman–Crippen MR) is 134 cm³/mol. The molecule has 0 aromatic carbocycles. The van der Waals surface area contributed by atoms with E-state index in [0.29, 0.717) is 35.7 Å². The van der Waals surface area contributed by atoms with E-state index < -0.39 is 8.32 Å². The largest absolute Gasteiger partial charge is 0.479 e. The summed E-state index contributed by atoms with van der Waals surface area (Å²) in [4.78, 5) is 12.1. The van der Waals surface area contributed by atoms with Crippen LogP contribution >= 0.6 is 0 Å². The first-order valence-electron chi connectivity index (χ1n) is 12.7. The Kier molecular flexibility index (Phi) is 6.19. The fourth-order valence-corrected chi connectivity index (χ4v) is 8.52. The Balaban J connectivity index is 1.55. The Labute approximate surface area is 201 Å². The number of cyclic esters (lactones) is 1. The number of rotatable bonds is 2. The van der Waals surface area contributed by atoms with Gasteiger partial charge < -0.3 is 13.9 Å². The van der Waals surface area contributed by atoms with Gasteiger partial charge in [-0.1, -0.05) is 32.8 Å². The second kappa shape index (κ2) is 8.31. The van der Waals surface area contributed by atoms with Crippen LogP contribution in [0.15, 0.2) is 23.5 Å². The Morgan fingerprint density at radius 1 is 1.00 bits per heavy atom. The van der Waals surface area contributed by atoms with Crippen LogP contribution < -0.4 is 0 Å². The average molecular weight is 471 g/mol. The molecule has 0 aromatic rings. The zero-order valence-electron chi connectivity index (χ0n) is 21.8. The summed E-state index contributed by atoms with van der Waals surface area (Å²) in [6.07, 6.45) is 10.5. The summed E-state index contributed by atoms with van der Waals surface area (Å²) in [7, 11) is -1.59. The highest BCUT2D eigenvalue weighted by Crippen LogP contribution is 2.65. The van der Waals surface area contributed by atoms with Crippen molar-refractivity contribution >= 4 is 14.3 Å². The second-order valence-electron chi connectivity index (χ2n) is 12.8. The molecule has 6 atom stereocenters. The van der Waals surface area contributed by atoms with Gasteiger partial charge in [0.1, 0.15) is 17.3 Å². The van der Waals surface area contributed by atoms with E-state index in [1.54, 1.807) is 0 Å². The van der Waals surface area contributed by atoms with Gasteiger partial charge >= 0.3 is 5.97 Å². The summed E-state index contributed by atoms with van der Waals surface area (Å²) >= 11 is 0. The van der Waals surface area contributed by atoms with Gasteiger partial charge in [-0.3, -0.25) is 0 Å². The van der Waals surface area contributed by atoms with E-state index in [-0.39, 0.29) is 28.5 Å². The third kappa shape index (κ3) is 4.58. The molecule has 0 amide bonds. The molecule has 5 heteroatoms. The molecule has 182 valence electrons. The van der Waals surface area contributed by atoms with Crippen molar-refractivity contribution < 1.29 is 18.7 Å². The molecule has 0 unspecified atom stereocenters. The molecule has 2 saturated carbocycles. The molecule has 2 aliphatic heterocycles. The standard InChI is InChI=1S/C28H42O4Si/c1-19-9-10-20(25(29)30-19)11-12-21-13-14-23-27(4)17-16-24(32-33(6,7)8)26(2,3)22(27)15-18-28(23,5)31-21/h10,13,19,22-24H,9,14-18H2,1-8H3/t19-,22+,23+,24+,27+,28+/m1/s1. The van der Waals surface area contributed by atoms with Crippen molar-refractivity contribution in [1.82, 2.24) is 0 Å². The third-order valence-electron chi connectivity index (χ3n) is 8.81. The maximum absolute atomic E-state index is 12.1. The van der Waals surface area contributed by atoms with Gasteiger partial charge in [0, 0.05) is 12.3 Å². The molecule has 2 heterocycles. The van der Waals surface area contributed by atoms with E-state index in [1.165, 1.54) is 6.42 Å². The molecule has 2 aliphatic carbocycles. The molecule has 4 aliphatic rings. The number of esters is 1. The lowest BCUT2D eigenvalue weighted by molar-refractivity contribution is -0.200. The Morgan fingerprint density at radius 2 is 1.73 bits per heavy atom. The lowest BCUT2D eigenvalue weighted by atomic mass is 9.44. The summed E-state index contributed by atoms with van der Waals surface area (Å²) in [6.45, 7) is 18.5. The molecule has 0 radical (unpaired) electrons. The summed E-state index contributed by atoms with van der Waals surface area (Å²) in [5.41, 5.74) is 0.603. The molecule has 0 spiro atoms. The lowest BCUT2D eigenvalue weighted by Gasteiger charge is -2.64. The second-order valence-corrected chi connectivity index (χ2v) is 17.2. The molecule has 4 nitrogen and oxygen atoms in total. The monoisotopic (exact) mass is 470 g/mol. The van der Waals surface area contributed by atoms with Gasteiger partial charge in [-0.05, 0) is 94.3 Å². The van der Waals surface area contributed by atoms with E-state index in [4.69, 9.17) is 13.9 Å². The highest BCUT2D eigenvalue weighted by molar-refractivity contribution is 6.69. The summed E-state index contributed by atoms with van der Waals surface area (Å²) in [5.74, 6) is 7.60. The normalized spacial score (nSPS) is 40.1. The summed E-state index contributed by atoms with van der Waals surface area (Å²) < 4.78 is 18.6. The molecular formula is C28H42O4Si. The van der Waals surface area contributed by atoms with Gasteiger partial charge in [0.15, 0.2) is 14.1 Å². The van der Waals surface area contributed by atoms with Crippen molar-refractivity contribution in [2.45, 2.75) is 111 Å². The van der Waals surface area contributed by atoms with Gasteiger partial charge in [-0.25, -0.2) is 4.79 Å². The smallest absolute Gasteiger partial charge is 0.346 e. The van der Waals surface area contributed by atoms with Crippen molar-refractivity contribution in [2.24, 2.45) is 22.7 Å². The van der Waals surface area contributed by atoms with Crippen LogP contribution in [0.1, 0.15) is 73.1 Å². The van der Waals surface area contributed by atoms with Crippen LogP contribution in [0.3, 0.4) is 0 Å². The van der Waals surface area contributed by atoms with E-state index >= 15 is 0 Å². The number of carbonyl (C=O) groups excluding carboxylic acids is 1. The molecule has 0 N–H and O–H groups in total. The van der Waals surface area contributed by atoms with Crippen molar-refractivity contribution in [1.29, 1.82) is 0 Å². The maximum atomic E-state index is 12.1. The highest BCUT2D eigenvalue weighted by atomic mass is 28.4. The molecule has 0 bridgehead atoms. The molecule has 33 heavy (non-hydrogen) atoms. The molecule has 2 fully saturated rings. The summed E-state index contributed by atoms with van der Waals surface area (Å²) in [6, 6.07) is 0. The molecular weight excluding hydrogens is 428 g/mol. The van der Waals surface area contributed by atoms with E-state index in [0.717, 1.165) is 25.7 Å². The highest BCUT2D eigenvalue weighted by Gasteiger charge is 2.62. The van der Waals surface area contributed by atoms with Gasteiger partial charge in [0.05, 0.1) is 6.10 Å². The van der Waals surface area contributed by atoms with Crippen molar-refractivity contribution in [3.63, 3.8) is 0 Å². The number of fused-ring (bicyclic) bond motifs is 3. The molecule has 0 saturated heterocycles. The number of hydrogen-bond acceptors (Lipinski definition) is 4. The van der Waals surface area contributed by atoms with Crippen LogP contribution in [0, 0.1) is 34.5 Å². The zero-order chi connectivity index (χ0) is 24.2. The van der Waals surface area contributed by atoms with E-state index in [1.807, 2.05) is 13.0 Å². The Morgan fingerprint density at radius 3 is 2.39 bits per heavy atom. The van der Waals surface area contributed by atoms with Gasteiger partial charge in [0.2, 0.25) is 0 Å². The Hall–Kier alpha value is -1.51. The SMILES string of the molecule is C[C@@H]1CC=C(C#CC2=CC[C@H]3[C@@]4(C)CC[C@H](O[Si](C)(C)C)C(C)(C)[C@@H]4CC[C@]3(C)O2)C(=O)O1. The summed E-state index contributed by atoms with van der Waals surface area (Å²) in [5, 5.41) is 0. The third-order valence-corrected chi connectivity index (χ3v) is 9.80. The Bertz CT molecular complexity index is 930. The topological polar surface area (TPSA) is 44.8 Å². The zero-order valence-corrected chi connectivity index (χ0v) is 22.8. The number of allylic oxidation sites excluding steroid dienone is 2.